The third-order valence-corrected chi connectivity index (χ3v) is 3.18. The Kier molecular flexibility index (Phi) is 4.03. The quantitative estimate of drug-likeness (QED) is 0.932. The van der Waals surface area contributed by atoms with E-state index in [0.717, 1.165) is 0 Å². The van der Waals surface area contributed by atoms with Gasteiger partial charge in [0.05, 0.1) is 5.69 Å². The predicted molar refractivity (Wildman–Crippen MR) is 80.2 cm³/mol. The normalized spacial score (nSPS) is 10.6. The van der Waals surface area contributed by atoms with E-state index in [1.807, 2.05) is 24.3 Å². The van der Waals surface area contributed by atoms with Gasteiger partial charge in [0.1, 0.15) is 0 Å². The summed E-state index contributed by atoms with van der Waals surface area (Å²) < 4.78 is 1.43. The lowest BCUT2D eigenvalue weighted by atomic mass is 10.0. The highest BCUT2D eigenvalue weighted by Gasteiger charge is 2.07. The number of nitrogens with one attached hydrogen (secondary N) is 1. The van der Waals surface area contributed by atoms with Crippen molar-refractivity contribution in [1.29, 1.82) is 0 Å². The van der Waals surface area contributed by atoms with E-state index in [1.54, 1.807) is 19.3 Å². The van der Waals surface area contributed by atoms with Gasteiger partial charge < -0.3 is 9.88 Å². The number of carbonyl (C=O) groups excluding carboxylic acids is 1. The van der Waals surface area contributed by atoms with E-state index in [-0.39, 0.29) is 11.5 Å². The number of anilines is 1. The number of hydrogen-bond donors (Lipinski definition) is 1. The number of aryl methyl sites for hydroxylation is 1. The van der Waals surface area contributed by atoms with Crippen LogP contribution in [0.25, 0.3) is 0 Å². The zero-order valence-corrected chi connectivity index (χ0v) is 11.9. The van der Waals surface area contributed by atoms with E-state index in [9.17, 15) is 9.59 Å². The van der Waals surface area contributed by atoms with Crippen LogP contribution in [-0.4, -0.2) is 10.5 Å². The smallest absolute Gasteiger partial charge is 0.255 e. The highest BCUT2D eigenvalue weighted by Crippen LogP contribution is 2.15. The van der Waals surface area contributed by atoms with E-state index in [1.165, 1.54) is 16.2 Å². The van der Waals surface area contributed by atoms with Crippen molar-refractivity contribution in [3.63, 3.8) is 0 Å². The fraction of sp³-hybridized carbons (Fsp3) is 0.250. The monoisotopic (exact) mass is 270 g/mol. The van der Waals surface area contributed by atoms with Crippen LogP contribution >= 0.6 is 0 Å². The maximum absolute atomic E-state index is 12.1. The topological polar surface area (TPSA) is 51.1 Å². The summed E-state index contributed by atoms with van der Waals surface area (Å²) in [6, 6.07) is 10.6. The van der Waals surface area contributed by atoms with Gasteiger partial charge in [0.25, 0.3) is 5.91 Å². The number of amides is 1. The maximum atomic E-state index is 12.1. The molecule has 0 spiro atoms. The molecule has 0 bridgehead atoms. The third-order valence-electron chi connectivity index (χ3n) is 3.18. The van der Waals surface area contributed by atoms with Crippen molar-refractivity contribution in [1.82, 2.24) is 4.57 Å². The second-order valence-corrected chi connectivity index (χ2v) is 5.10. The number of hydrogen-bond acceptors (Lipinski definition) is 2. The summed E-state index contributed by atoms with van der Waals surface area (Å²) in [5, 5.41) is 2.78. The van der Waals surface area contributed by atoms with Gasteiger partial charge in [-0.1, -0.05) is 26.0 Å². The molecule has 0 aliphatic rings. The fourth-order valence-electron chi connectivity index (χ4n) is 1.89. The molecule has 0 saturated carbocycles. The molecule has 1 heterocycles. The molecule has 0 atom stereocenters. The summed E-state index contributed by atoms with van der Waals surface area (Å²) in [6.45, 7) is 4.22. The van der Waals surface area contributed by atoms with E-state index in [2.05, 4.69) is 19.2 Å². The Labute approximate surface area is 118 Å². The number of pyridine rings is 1. The van der Waals surface area contributed by atoms with Crippen LogP contribution in [0, 0.1) is 0 Å². The van der Waals surface area contributed by atoms with Crippen LogP contribution in [0.5, 0.6) is 0 Å². The first-order valence-corrected chi connectivity index (χ1v) is 6.55. The maximum Gasteiger partial charge on any atom is 0.255 e. The molecule has 4 nitrogen and oxygen atoms in total. The summed E-state index contributed by atoms with van der Waals surface area (Å²) in [5.41, 5.74) is 2.29. The van der Waals surface area contributed by atoms with Crippen LogP contribution in [0.15, 0.2) is 47.4 Å². The van der Waals surface area contributed by atoms with Crippen molar-refractivity contribution in [2.75, 3.05) is 5.32 Å². The lowest BCUT2D eigenvalue weighted by molar-refractivity contribution is 0.102. The van der Waals surface area contributed by atoms with Crippen molar-refractivity contribution in [2.45, 2.75) is 19.8 Å². The molecular weight excluding hydrogens is 252 g/mol. The second-order valence-electron chi connectivity index (χ2n) is 5.10. The molecule has 0 aliphatic carbocycles. The molecule has 2 rings (SSSR count). The zero-order chi connectivity index (χ0) is 14.7. The van der Waals surface area contributed by atoms with E-state index >= 15 is 0 Å². The van der Waals surface area contributed by atoms with Crippen LogP contribution in [0.3, 0.4) is 0 Å². The molecule has 0 unspecified atom stereocenters. The molecule has 1 amide bonds. The van der Waals surface area contributed by atoms with Crippen molar-refractivity contribution in [2.24, 2.45) is 7.05 Å². The lowest BCUT2D eigenvalue weighted by Gasteiger charge is -2.08. The molecule has 0 saturated heterocycles. The van der Waals surface area contributed by atoms with Crippen LogP contribution in [0.4, 0.5) is 5.69 Å². The van der Waals surface area contributed by atoms with Crippen LogP contribution in [0.1, 0.15) is 35.7 Å². The number of nitrogens with zero attached hydrogens (tertiary/aromatic N) is 1. The molecule has 2 aromatic rings. The molecule has 104 valence electrons. The Morgan fingerprint density at radius 1 is 1.10 bits per heavy atom. The van der Waals surface area contributed by atoms with Crippen LogP contribution in [-0.2, 0) is 7.05 Å². The SMILES string of the molecule is CC(C)c1ccc(C(=O)Nc2ccc(=O)n(C)c2)cc1. The van der Waals surface area contributed by atoms with Gasteiger partial charge in [-0.05, 0) is 29.7 Å². The Morgan fingerprint density at radius 2 is 1.75 bits per heavy atom. The summed E-state index contributed by atoms with van der Waals surface area (Å²) in [7, 11) is 1.65. The van der Waals surface area contributed by atoms with Gasteiger partial charge in [-0.3, -0.25) is 9.59 Å². The van der Waals surface area contributed by atoms with Crippen LogP contribution < -0.4 is 10.9 Å². The summed E-state index contributed by atoms with van der Waals surface area (Å²) >= 11 is 0. The van der Waals surface area contributed by atoms with Gasteiger partial charge in [0.15, 0.2) is 0 Å². The first kappa shape index (κ1) is 14.1. The molecule has 0 radical (unpaired) electrons. The first-order valence-electron chi connectivity index (χ1n) is 6.55. The van der Waals surface area contributed by atoms with Gasteiger partial charge in [-0.25, -0.2) is 0 Å². The minimum absolute atomic E-state index is 0.107. The zero-order valence-electron chi connectivity index (χ0n) is 11.9. The minimum atomic E-state index is -0.182. The van der Waals surface area contributed by atoms with E-state index < -0.39 is 0 Å². The molecular formula is C16H18N2O2. The molecule has 20 heavy (non-hydrogen) atoms. The molecule has 4 heteroatoms. The largest absolute Gasteiger partial charge is 0.321 e. The van der Waals surface area contributed by atoms with Crippen molar-refractivity contribution < 1.29 is 4.79 Å². The number of aromatic nitrogens is 1. The van der Waals surface area contributed by atoms with Crippen molar-refractivity contribution >= 4 is 11.6 Å². The second kappa shape index (κ2) is 5.74. The van der Waals surface area contributed by atoms with Gasteiger partial charge in [0.2, 0.25) is 5.56 Å². The van der Waals surface area contributed by atoms with Crippen molar-refractivity contribution in [3.8, 4) is 0 Å². The molecule has 1 aromatic heterocycles. The average Bonchev–Trinajstić information content (AvgIpc) is 2.43. The third kappa shape index (κ3) is 3.15. The van der Waals surface area contributed by atoms with Crippen molar-refractivity contribution in [3.05, 3.63) is 64.1 Å². The molecule has 1 aromatic carbocycles. The average molecular weight is 270 g/mol. The Balaban J connectivity index is 2.15. The standard InChI is InChI=1S/C16H18N2O2/c1-11(2)12-4-6-13(7-5-12)16(20)17-14-8-9-15(19)18(3)10-14/h4-11H,1-3H3,(H,17,20). The summed E-state index contributed by atoms with van der Waals surface area (Å²) in [5.74, 6) is 0.259. The fourth-order valence-corrected chi connectivity index (χ4v) is 1.89. The Bertz CT molecular complexity index is 670. The van der Waals surface area contributed by atoms with E-state index in [0.29, 0.717) is 17.2 Å². The van der Waals surface area contributed by atoms with Gasteiger partial charge in [-0.15, -0.1) is 0 Å². The number of rotatable bonds is 3. The summed E-state index contributed by atoms with van der Waals surface area (Å²) in [6.07, 6.45) is 1.60. The Hall–Kier alpha value is -2.36. The molecule has 0 fully saturated rings. The van der Waals surface area contributed by atoms with Gasteiger partial charge in [0, 0.05) is 24.9 Å². The lowest BCUT2D eigenvalue weighted by Crippen LogP contribution is -2.18. The minimum Gasteiger partial charge on any atom is -0.321 e. The van der Waals surface area contributed by atoms with Crippen LogP contribution in [0.2, 0.25) is 0 Å². The molecule has 0 aliphatic heterocycles. The highest BCUT2D eigenvalue weighted by molar-refractivity contribution is 6.04. The number of benzene rings is 1. The van der Waals surface area contributed by atoms with Gasteiger partial charge >= 0.3 is 0 Å². The highest BCUT2D eigenvalue weighted by atomic mass is 16.1. The first-order chi connectivity index (χ1) is 9.47. The Morgan fingerprint density at radius 3 is 2.30 bits per heavy atom. The molecule has 1 N–H and O–H groups in total. The summed E-state index contributed by atoms with van der Waals surface area (Å²) in [4.78, 5) is 23.4. The van der Waals surface area contributed by atoms with E-state index in [4.69, 9.17) is 0 Å². The predicted octanol–water partition coefficient (Wildman–Crippen LogP) is 2.76. The number of carbonyl (C=O) groups is 1. The van der Waals surface area contributed by atoms with Gasteiger partial charge in [-0.2, -0.15) is 0 Å².